The average molecular weight is 168 g/mol. The predicted octanol–water partition coefficient (Wildman–Crippen LogP) is 0.658. The molecule has 0 amide bonds. The minimum atomic E-state index is -1.85. The highest BCUT2D eigenvalue weighted by atomic mass is 16.4. The summed E-state index contributed by atoms with van der Waals surface area (Å²) in [6.07, 6.45) is 6.03. The number of rotatable bonds is 2. The van der Waals surface area contributed by atoms with E-state index in [1.54, 1.807) is 0 Å². The van der Waals surface area contributed by atoms with Gasteiger partial charge in [0.1, 0.15) is 0 Å². The molecule has 0 aliphatic heterocycles. The van der Waals surface area contributed by atoms with Crippen molar-refractivity contribution in [3.63, 3.8) is 0 Å². The zero-order chi connectivity index (χ0) is 9.19. The SMILES string of the molecule is O=C(O)C1(C(=O)O)C=CCC=C1. The highest BCUT2D eigenvalue weighted by Crippen LogP contribution is 2.25. The number of carbonyl (C=O) groups is 2. The summed E-state index contributed by atoms with van der Waals surface area (Å²) in [5, 5.41) is 17.4. The molecule has 0 unspecified atom stereocenters. The summed E-state index contributed by atoms with van der Waals surface area (Å²) in [4.78, 5) is 21.3. The molecule has 0 saturated heterocycles. The zero-order valence-electron chi connectivity index (χ0n) is 6.23. The van der Waals surface area contributed by atoms with Crippen LogP contribution in [0.4, 0.5) is 0 Å². The Labute approximate surface area is 68.8 Å². The van der Waals surface area contributed by atoms with Crippen LogP contribution >= 0.6 is 0 Å². The van der Waals surface area contributed by atoms with E-state index in [0.717, 1.165) is 0 Å². The lowest BCUT2D eigenvalue weighted by Crippen LogP contribution is -2.36. The van der Waals surface area contributed by atoms with Crippen molar-refractivity contribution in [2.24, 2.45) is 5.41 Å². The third-order valence-electron chi connectivity index (χ3n) is 1.74. The average Bonchev–Trinajstić information content (AvgIpc) is 2.05. The molecular weight excluding hydrogens is 160 g/mol. The van der Waals surface area contributed by atoms with E-state index >= 15 is 0 Å². The number of carboxylic acids is 2. The van der Waals surface area contributed by atoms with Crippen LogP contribution < -0.4 is 0 Å². The molecule has 0 atom stereocenters. The molecule has 0 radical (unpaired) electrons. The molecule has 0 saturated carbocycles. The van der Waals surface area contributed by atoms with Crippen molar-refractivity contribution in [2.75, 3.05) is 0 Å². The highest BCUT2D eigenvalue weighted by Gasteiger charge is 2.42. The van der Waals surface area contributed by atoms with Gasteiger partial charge in [0.2, 0.25) is 5.41 Å². The Morgan fingerprint density at radius 2 is 1.50 bits per heavy atom. The lowest BCUT2D eigenvalue weighted by Gasteiger charge is -2.18. The van der Waals surface area contributed by atoms with Crippen molar-refractivity contribution in [1.82, 2.24) is 0 Å². The van der Waals surface area contributed by atoms with Crippen LogP contribution in [0.25, 0.3) is 0 Å². The third-order valence-corrected chi connectivity index (χ3v) is 1.74. The molecule has 0 aromatic carbocycles. The fourth-order valence-electron chi connectivity index (χ4n) is 1.02. The monoisotopic (exact) mass is 168 g/mol. The van der Waals surface area contributed by atoms with E-state index in [9.17, 15) is 9.59 Å². The molecule has 0 aromatic heterocycles. The number of carboxylic acid groups (broad SMARTS) is 2. The minimum absolute atomic E-state index is 0.586. The van der Waals surface area contributed by atoms with Crippen molar-refractivity contribution in [3.05, 3.63) is 24.3 Å². The second-order valence-corrected chi connectivity index (χ2v) is 2.52. The van der Waals surface area contributed by atoms with Gasteiger partial charge in [-0.1, -0.05) is 24.3 Å². The Balaban J connectivity index is 3.10. The molecule has 0 fully saturated rings. The molecular formula is C8H8O4. The van der Waals surface area contributed by atoms with Gasteiger partial charge in [-0.05, 0) is 6.42 Å². The fraction of sp³-hybridized carbons (Fsp3) is 0.250. The lowest BCUT2D eigenvalue weighted by atomic mass is 9.84. The van der Waals surface area contributed by atoms with Gasteiger partial charge in [-0.25, -0.2) is 0 Å². The summed E-state index contributed by atoms with van der Waals surface area (Å²) in [5.74, 6) is -2.72. The first-order chi connectivity index (χ1) is 5.59. The molecule has 12 heavy (non-hydrogen) atoms. The lowest BCUT2D eigenvalue weighted by molar-refractivity contribution is -0.157. The largest absolute Gasteiger partial charge is 0.480 e. The molecule has 0 heterocycles. The third kappa shape index (κ3) is 1.11. The first kappa shape index (κ1) is 8.52. The Bertz CT molecular complexity index is 247. The van der Waals surface area contributed by atoms with Crippen LogP contribution in [0.3, 0.4) is 0 Å². The molecule has 0 spiro atoms. The van der Waals surface area contributed by atoms with Crippen molar-refractivity contribution in [2.45, 2.75) is 6.42 Å². The standard InChI is InChI=1S/C8H8O4/c9-6(10)8(7(11)12)4-2-1-3-5-8/h2-5H,1H2,(H,9,10)(H,11,12). The van der Waals surface area contributed by atoms with E-state index in [1.165, 1.54) is 24.3 Å². The summed E-state index contributed by atoms with van der Waals surface area (Å²) in [6, 6.07) is 0. The maximum absolute atomic E-state index is 10.6. The highest BCUT2D eigenvalue weighted by molar-refractivity contribution is 6.03. The van der Waals surface area contributed by atoms with Gasteiger partial charge < -0.3 is 10.2 Å². The normalized spacial score (nSPS) is 19.0. The first-order valence-corrected chi connectivity index (χ1v) is 3.42. The number of aliphatic carboxylic acids is 2. The van der Waals surface area contributed by atoms with E-state index in [4.69, 9.17) is 10.2 Å². The van der Waals surface area contributed by atoms with Crippen molar-refractivity contribution < 1.29 is 19.8 Å². The molecule has 4 nitrogen and oxygen atoms in total. The number of hydrogen-bond acceptors (Lipinski definition) is 2. The van der Waals surface area contributed by atoms with Gasteiger partial charge in [0.25, 0.3) is 0 Å². The Morgan fingerprint density at radius 1 is 1.08 bits per heavy atom. The van der Waals surface area contributed by atoms with Crippen LogP contribution in [-0.2, 0) is 9.59 Å². The van der Waals surface area contributed by atoms with Gasteiger partial charge in [-0.2, -0.15) is 0 Å². The Kier molecular flexibility index (Phi) is 1.99. The van der Waals surface area contributed by atoms with Crippen molar-refractivity contribution in [1.29, 1.82) is 0 Å². The van der Waals surface area contributed by atoms with Crippen LogP contribution in [0, 0.1) is 5.41 Å². The van der Waals surface area contributed by atoms with E-state index in [0.29, 0.717) is 6.42 Å². The predicted molar refractivity (Wildman–Crippen MR) is 40.6 cm³/mol. The van der Waals surface area contributed by atoms with Gasteiger partial charge in [0.05, 0.1) is 0 Å². The van der Waals surface area contributed by atoms with E-state index < -0.39 is 17.4 Å². The molecule has 4 heteroatoms. The van der Waals surface area contributed by atoms with Gasteiger partial charge in [-0.15, -0.1) is 0 Å². The molecule has 0 bridgehead atoms. The van der Waals surface area contributed by atoms with Crippen molar-refractivity contribution in [3.8, 4) is 0 Å². The smallest absolute Gasteiger partial charge is 0.328 e. The van der Waals surface area contributed by atoms with Gasteiger partial charge >= 0.3 is 11.9 Å². The number of hydrogen-bond donors (Lipinski definition) is 2. The van der Waals surface area contributed by atoms with E-state index in [1.807, 2.05) is 0 Å². The summed E-state index contributed by atoms with van der Waals surface area (Å²) in [6.45, 7) is 0. The van der Waals surface area contributed by atoms with Gasteiger partial charge in [0, 0.05) is 0 Å². The summed E-state index contributed by atoms with van der Waals surface area (Å²) in [7, 11) is 0. The van der Waals surface area contributed by atoms with E-state index in [2.05, 4.69) is 0 Å². The Morgan fingerprint density at radius 3 is 1.75 bits per heavy atom. The van der Waals surface area contributed by atoms with Crippen LogP contribution in [0.1, 0.15) is 6.42 Å². The van der Waals surface area contributed by atoms with Crippen LogP contribution in [0.5, 0.6) is 0 Å². The molecule has 1 rings (SSSR count). The van der Waals surface area contributed by atoms with Gasteiger partial charge in [0.15, 0.2) is 0 Å². The first-order valence-electron chi connectivity index (χ1n) is 3.42. The quantitative estimate of drug-likeness (QED) is 0.469. The number of allylic oxidation sites excluding steroid dienone is 2. The fourth-order valence-corrected chi connectivity index (χ4v) is 1.02. The maximum atomic E-state index is 10.6. The second kappa shape index (κ2) is 2.81. The molecule has 0 aromatic rings. The van der Waals surface area contributed by atoms with Crippen LogP contribution in [0.2, 0.25) is 0 Å². The van der Waals surface area contributed by atoms with Crippen LogP contribution in [0.15, 0.2) is 24.3 Å². The summed E-state index contributed by atoms with van der Waals surface area (Å²) in [5.41, 5.74) is -1.85. The zero-order valence-corrected chi connectivity index (χ0v) is 6.23. The summed E-state index contributed by atoms with van der Waals surface area (Å²) >= 11 is 0. The molecule has 1 aliphatic rings. The molecule has 2 N–H and O–H groups in total. The van der Waals surface area contributed by atoms with E-state index in [-0.39, 0.29) is 0 Å². The summed E-state index contributed by atoms with van der Waals surface area (Å²) < 4.78 is 0. The van der Waals surface area contributed by atoms with Crippen LogP contribution in [-0.4, -0.2) is 22.2 Å². The molecule has 1 aliphatic carbocycles. The second-order valence-electron chi connectivity index (χ2n) is 2.52. The molecule has 64 valence electrons. The topological polar surface area (TPSA) is 74.6 Å². The van der Waals surface area contributed by atoms with Gasteiger partial charge in [-0.3, -0.25) is 9.59 Å². The van der Waals surface area contributed by atoms with Crippen molar-refractivity contribution >= 4 is 11.9 Å². The Hall–Kier alpha value is -1.58. The maximum Gasteiger partial charge on any atom is 0.328 e. The minimum Gasteiger partial charge on any atom is -0.480 e.